The van der Waals surface area contributed by atoms with Gasteiger partial charge in [-0.2, -0.15) is 9.97 Å². The van der Waals surface area contributed by atoms with Crippen LogP contribution < -0.4 is 22.5 Å². The number of nitrogens with two attached hydrogens (primary N) is 3. The Morgan fingerprint density at radius 1 is 1.44 bits per heavy atom. The van der Waals surface area contributed by atoms with E-state index in [0.717, 1.165) is 0 Å². The largest absolute Gasteiger partial charge is 0.383 e. The summed E-state index contributed by atoms with van der Waals surface area (Å²) in [5.41, 5.74) is 15.6. The van der Waals surface area contributed by atoms with E-state index in [1.165, 1.54) is 0 Å². The molecular formula is C9H16N6O. The predicted molar refractivity (Wildman–Crippen MR) is 62.4 cm³/mol. The molecule has 0 bridgehead atoms. The number of hydrogen-bond donors (Lipinski definition) is 4. The van der Waals surface area contributed by atoms with Gasteiger partial charge in [0.15, 0.2) is 0 Å². The molecule has 0 saturated carbocycles. The zero-order valence-corrected chi connectivity index (χ0v) is 9.32. The highest BCUT2D eigenvalue weighted by molar-refractivity contribution is 5.75. The smallest absolute Gasteiger partial charge is 0.223 e. The predicted octanol–water partition coefficient (Wildman–Crippen LogP) is -0.293. The molecule has 7 N–H and O–H groups in total. The number of amides is 1. The first-order chi connectivity index (χ1) is 7.28. The minimum Gasteiger partial charge on any atom is -0.383 e. The minimum atomic E-state index is -0.515. The lowest BCUT2D eigenvalue weighted by Crippen LogP contribution is -2.36. The number of rotatable bonds is 4. The van der Waals surface area contributed by atoms with Crippen LogP contribution in [-0.4, -0.2) is 21.4 Å². The molecule has 0 aliphatic rings. The summed E-state index contributed by atoms with van der Waals surface area (Å²) in [4.78, 5) is 18.5. The molecule has 0 saturated heterocycles. The average molecular weight is 224 g/mol. The van der Waals surface area contributed by atoms with Crippen molar-refractivity contribution in [2.75, 3.05) is 16.8 Å². The van der Waals surface area contributed by atoms with Crippen LogP contribution in [0.4, 0.5) is 17.6 Å². The van der Waals surface area contributed by atoms with Crippen molar-refractivity contribution in [1.82, 2.24) is 9.97 Å². The summed E-state index contributed by atoms with van der Waals surface area (Å²) in [6.45, 7) is 3.65. The van der Waals surface area contributed by atoms with Gasteiger partial charge in [-0.1, -0.05) is 0 Å². The molecular weight excluding hydrogens is 208 g/mol. The quantitative estimate of drug-likeness (QED) is 0.555. The van der Waals surface area contributed by atoms with Gasteiger partial charge >= 0.3 is 0 Å². The Labute approximate surface area is 93.4 Å². The number of nitrogens with one attached hydrogen (secondary N) is 1. The van der Waals surface area contributed by atoms with Gasteiger partial charge in [0.1, 0.15) is 11.6 Å². The van der Waals surface area contributed by atoms with E-state index in [1.807, 2.05) is 13.8 Å². The van der Waals surface area contributed by atoms with Gasteiger partial charge in [0.05, 0.1) is 0 Å². The summed E-state index contributed by atoms with van der Waals surface area (Å²) < 4.78 is 0. The molecule has 1 aromatic heterocycles. The molecule has 1 aromatic rings. The van der Waals surface area contributed by atoms with Crippen molar-refractivity contribution in [3.8, 4) is 0 Å². The maximum absolute atomic E-state index is 10.8. The molecule has 1 heterocycles. The fourth-order valence-electron chi connectivity index (χ4n) is 1.38. The molecule has 0 radical (unpaired) electrons. The fraction of sp³-hybridized carbons (Fsp3) is 0.444. The van der Waals surface area contributed by atoms with Gasteiger partial charge < -0.3 is 22.5 Å². The third-order valence-electron chi connectivity index (χ3n) is 1.85. The Bertz CT molecular complexity index is 383. The topological polar surface area (TPSA) is 133 Å². The minimum absolute atomic E-state index is 0.0809. The van der Waals surface area contributed by atoms with Crippen LogP contribution >= 0.6 is 0 Å². The maximum Gasteiger partial charge on any atom is 0.223 e. The number of hydrogen-bond acceptors (Lipinski definition) is 6. The second kappa shape index (κ2) is 4.21. The summed E-state index contributed by atoms with van der Waals surface area (Å²) in [5.74, 6) is 0.422. The zero-order chi connectivity index (χ0) is 12.3. The normalized spacial score (nSPS) is 11.1. The van der Waals surface area contributed by atoms with E-state index in [9.17, 15) is 4.79 Å². The van der Waals surface area contributed by atoms with Crippen molar-refractivity contribution in [2.24, 2.45) is 5.73 Å². The summed E-state index contributed by atoms with van der Waals surface area (Å²) in [6, 6.07) is 1.54. The molecule has 0 aromatic carbocycles. The Kier molecular flexibility index (Phi) is 3.17. The third-order valence-corrected chi connectivity index (χ3v) is 1.85. The van der Waals surface area contributed by atoms with E-state index in [0.29, 0.717) is 5.82 Å². The van der Waals surface area contributed by atoms with Crippen molar-refractivity contribution < 1.29 is 4.79 Å². The number of aromatic nitrogens is 2. The summed E-state index contributed by atoms with van der Waals surface area (Å²) in [7, 11) is 0. The van der Waals surface area contributed by atoms with Crippen LogP contribution in [0, 0.1) is 0 Å². The number of carbonyl (C=O) groups excluding carboxylic acids is 1. The van der Waals surface area contributed by atoms with Crippen LogP contribution in [0.15, 0.2) is 6.07 Å². The molecule has 0 spiro atoms. The molecule has 88 valence electrons. The molecule has 0 atom stereocenters. The lowest BCUT2D eigenvalue weighted by atomic mass is 10.0. The molecule has 0 aliphatic heterocycles. The Hall–Kier alpha value is -2.05. The van der Waals surface area contributed by atoms with E-state index < -0.39 is 11.4 Å². The van der Waals surface area contributed by atoms with E-state index in [-0.39, 0.29) is 18.2 Å². The van der Waals surface area contributed by atoms with E-state index in [2.05, 4.69) is 15.3 Å². The molecule has 1 rings (SSSR count). The molecule has 0 unspecified atom stereocenters. The maximum atomic E-state index is 10.8. The van der Waals surface area contributed by atoms with Crippen LogP contribution in [0.2, 0.25) is 0 Å². The van der Waals surface area contributed by atoms with Crippen molar-refractivity contribution in [3.63, 3.8) is 0 Å². The van der Waals surface area contributed by atoms with E-state index in [1.54, 1.807) is 6.07 Å². The fourth-order valence-corrected chi connectivity index (χ4v) is 1.38. The van der Waals surface area contributed by atoms with Gasteiger partial charge in [0, 0.05) is 18.0 Å². The summed E-state index contributed by atoms with van der Waals surface area (Å²) in [6.07, 6.45) is 0.177. The SMILES string of the molecule is CC(C)(CC(N)=O)Nc1cc(N)nc(N)n1. The molecule has 0 aliphatic carbocycles. The van der Waals surface area contributed by atoms with Crippen molar-refractivity contribution in [2.45, 2.75) is 25.8 Å². The Morgan fingerprint density at radius 2 is 2.06 bits per heavy atom. The molecule has 7 nitrogen and oxygen atoms in total. The number of primary amides is 1. The Morgan fingerprint density at radius 3 is 2.56 bits per heavy atom. The number of nitrogens with zero attached hydrogens (tertiary/aromatic N) is 2. The standard InChI is InChI=1S/C9H16N6O/c1-9(2,4-6(11)16)15-7-3-5(10)13-8(12)14-7/h3H,4H2,1-2H3,(H2,11,16)(H5,10,12,13,14,15). The summed E-state index contributed by atoms with van der Waals surface area (Å²) >= 11 is 0. The van der Waals surface area contributed by atoms with Gasteiger partial charge in [0.25, 0.3) is 0 Å². The lowest BCUT2D eigenvalue weighted by Gasteiger charge is -2.25. The number of carbonyl (C=O) groups is 1. The second-order valence-electron chi connectivity index (χ2n) is 4.19. The van der Waals surface area contributed by atoms with Crippen molar-refractivity contribution >= 4 is 23.5 Å². The van der Waals surface area contributed by atoms with Gasteiger partial charge in [-0.3, -0.25) is 4.79 Å². The first-order valence-corrected chi connectivity index (χ1v) is 4.75. The first kappa shape index (κ1) is 12.0. The van der Waals surface area contributed by atoms with Crippen LogP contribution in [-0.2, 0) is 4.79 Å². The highest BCUT2D eigenvalue weighted by Crippen LogP contribution is 2.18. The van der Waals surface area contributed by atoms with Crippen molar-refractivity contribution in [3.05, 3.63) is 6.07 Å². The third kappa shape index (κ3) is 3.60. The van der Waals surface area contributed by atoms with Crippen LogP contribution in [0.25, 0.3) is 0 Å². The number of nitrogen functional groups attached to an aromatic ring is 2. The molecule has 0 fully saturated rings. The van der Waals surface area contributed by atoms with Crippen LogP contribution in [0.1, 0.15) is 20.3 Å². The number of anilines is 3. The molecule has 1 amide bonds. The average Bonchev–Trinajstić information content (AvgIpc) is 1.95. The lowest BCUT2D eigenvalue weighted by molar-refractivity contribution is -0.118. The van der Waals surface area contributed by atoms with Crippen LogP contribution in [0.3, 0.4) is 0 Å². The van der Waals surface area contributed by atoms with Crippen molar-refractivity contribution in [1.29, 1.82) is 0 Å². The molecule has 16 heavy (non-hydrogen) atoms. The van der Waals surface area contributed by atoms with Crippen LogP contribution in [0.5, 0.6) is 0 Å². The van der Waals surface area contributed by atoms with E-state index >= 15 is 0 Å². The van der Waals surface area contributed by atoms with Gasteiger partial charge in [-0.15, -0.1) is 0 Å². The van der Waals surface area contributed by atoms with E-state index in [4.69, 9.17) is 17.2 Å². The zero-order valence-electron chi connectivity index (χ0n) is 9.32. The first-order valence-electron chi connectivity index (χ1n) is 4.75. The van der Waals surface area contributed by atoms with Gasteiger partial charge in [-0.05, 0) is 13.8 Å². The second-order valence-corrected chi connectivity index (χ2v) is 4.19. The molecule has 7 heteroatoms. The highest BCUT2D eigenvalue weighted by Gasteiger charge is 2.21. The van der Waals surface area contributed by atoms with Gasteiger partial charge in [0.2, 0.25) is 11.9 Å². The summed E-state index contributed by atoms with van der Waals surface area (Å²) in [5, 5.41) is 3.02. The monoisotopic (exact) mass is 224 g/mol. The Balaban J connectivity index is 2.83. The van der Waals surface area contributed by atoms with Gasteiger partial charge in [-0.25, -0.2) is 0 Å². The highest BCUT2D eigenvalue weighted by atomic mass is 16.1.